The third kappa shape index (κ3) is 6.29. The van der Waals surface area contributed by atoms with E-state index in [4.69, 9.17) is 4.74 Å². The Kier molecular flexibility index (Phi) is 8.40. The van der Waals surface area contributed by atoms with Gasteiger partial charge in [0, 0.05) is 31.2 Å². The van der Waals surface area contributed by atoms with E-state index in [1.54, 1.807) is 18.2 Å². The lowest BCUT2D eigenvalue weighted by Gasteiger charge is -2.34. The number of sulfonamides is 1. The fourth-order valence-corrected chi connectivity index (χ4v) is 5.58. The first kappa shape index (κ1) is 24.7. The van der Waals surface area contributed by atoms with Crippen LogP contribution in [0.3, 0.4) is 0 Å². The second-order valence-corrected chi connectivity index (χ2v) is 9.65. The molecule has 3 rings (SSSR count). The van der Waals surface area contributed by atoms with Crippen LogP contribution in [0.25, 0.3) is 0 Å². The van der Waals surface area contributed by atoms with E-state index in [-0.39, 0.29) is 24.0 Å². The van der Waals surface area contributed by atoms with Crippen molar-refractivity contribution in [3.63, 3.8) is 0 Å². The van der Waals surface area contributed by atoms with Crippen LogP contribution in [0.2, 0.25) is 0 Å². The average Bonchev–Trinajstić information content (AvgIpc) is 2.83. The van der Waals surface area contributed by atoms with Gasteiger partial charge < -0.3 is 15.4 Å². The Hall–Kier alpha value is -2.98. The summed E-state index contributed by atoms with van der Waals surface area (Å²) in [5.41, 5.74) is 0.741. The standard InChI is InChI=1S/C23H28FN3O5S/c1-32-21-8-3-2-6-17(21)16-26-23(29)22(28)25-14-13-19-7-4-5-15-27(19)33(30,31)20-11-9-18(24)10-12-20/h2-3,6,8-12,19H,4-5,7,13-16H2,1H3,(H,25,28)(H,26,29)/t19-/m1/s1. The van der Waals surface area contributed by atoms with Crippen LogP contribution >= 0.6 is 0 Å². The first-order chi connectivity index (χ1) is 15.8. The molecule has 0 unspecified atom stereocenters. The van der Waals surface area contributed by atoms with Crippen molar-refractivity contribution < 1.29 is 27.1 Å². The van der Waals surface area contributed by atoms with Gasteiger partial charge in [-0.15, -0.1) is 0 Å². The van der Waals surface area contributed by atoms with Crippen LogP contribution < -0.4 is 15.4 Å². The first-order valence-corrected chi connectivity index (χ1v) is 12.2. The van der Waals surface area contributed by atoms with Crippen LogP contribution in [-0.2, 0) is 26.2 Å². The van der Waals surface area contributed by atoms with Gasteiger partial charge in [0.05, 0.1) is 12.0 Å². The Balaban J connectivity index is 1.53. The number of carbonyl (C=O) groups is 2. The lowest BCUT2D eigenvalue weighted by Crippen LogP contribution is -2.46. The summed E-state index contributed by atoms with van der Waals surface area (Å²) in [5.74, 6) is -1.46. The van der Waals surface area contributed by atoms with Gasteiger partial charge in [0.25, 0.3) is 0 Å². The molecular formula is C23H28FN3O5S. The maximum atomic E-state index is 13.2. The van der Waals surface area contributed by atoms with E-state index in [0.717, 1.165) is 30.5 Å². The molecular weight excluding hydrogens is 449 g/mol. The number of rotatable bonds is 8. The number of para-hydroxylation sites is 1. The van der Waals surface area contributed by atoms with Crippen molar-refractivity contribution in [1.82, 2.24) is 14.9 Å². The smallest absolute Gasteiger partial charge is 0.309 e. The molecule has 1 atom stereocenters. The molecule has 178 valence electrons. The summed E-state index contributed by atoms with van der Waals surface area (Å²) in [6.07, 6.45) is 2.62. The lowest BCUT2D eigenvalue weighted by molar-refractivity contribution is -0.139. The number of halogens is 1. The van der Waals surface area contributed by atoms with Crippen molar-refractivity contribution in [3.8, 4) is 5.75 Å². The molecule has 1 aliphatic rings. The van der Waals surface area contributed by atoms with Gasteiger partial charge in [-0.2, -0.15) is 4.31 Å². The zero-order chi connectivity index (χ0) is 23.8. The van der Waals surface area contributed by atoms with Crippen molar-refractivity contribution in [2.45, 2.75) is 43.2 Å². The number of nitrogens with one attached hydrogen (secondary N) is 2. The van der Waals surface area contributed by atoms with Crippen LogP contribution in [0.1, 0.15) is 31.2 Å². The molecule has 0 radical (unpaired) electrons. The number of benzene rings is 2. The number of ether oxygens (including phenoxy) is 1. The minimum Gasteiger partial charge on any atom is -0.496 e. The maximum absolute atomic E-state index is 13.2. The van der Waals surface area contributed by atoms with Crippen molar-refractivity contribution >= 4 is 21.8 Å². The second-order valence-electron chi connectivity index (χ2n) is 7.76. The molecule has 2 aromatic carbocycles. The zero-order valence-electron chi connectivity index (χ0n) is 18.4. The van der Waals surface area contributed by atoms with E-state index in [1.807, 2.05) is 6.07 Å². The number of methoxy groups -OCH3 is 1. The van der Waals surface area contributed by atoms with Crippen molar-refractivity contribution in [2.24, 2.45) is 0 Å². The summed E-state index contributed by atoms with van der Waals surface area (Å²) in [5, 5.41) is 5.11. The van der Waals surface area contributed by atoms with Crippen LogP contribution in [-0.4, -0.2) is 50.8 Å². The number of hydrogen-bond acceptors (Lipinski definition) is 5. The molecule has 8 nitrogen and oxygen atoms in total. The van der Waals surface area contributed by atoms with Crippen LogP contribution in [0.5, 0.6) is 5.75 Å². The summed E-state index contributed by atoms with van der Waals surface area (Å²) in [6, 6.07) is 11.6. The molecule has 2 aromatic rings. The quantitative estimate of drug-likeness (QED) is 0.567. The summed E-state index contributed by atoms with van der Waals surface area (Å²) in [6.45, 7) is 0.654. The molecule has 0 spiro atoms. The Morgan fingerprint density at radius 2 is 1.76 bits per heavy atom. The molecule has 0 bridgehead atoms. The zero-order valence-corrected chi connectivity index (χ0v) is 19.2. The maximum Gasteiger partial charge on any atom is 0.309 e. The minimum absolute atomic E-state index is 0.0375. The summed E-state index contributed by atoms with van der Waals surface area (Å²) in [4.78, 5) is 24.3. The highest BCUT2D eigenvalue weighted by Crippen LogP contribution is 2.27. The van der Waals surface area contributed by atoms with Gasteiger partial charge in [-0.05, 0) is 49.6 Å². The largest absolute Gasteiger partial charge is 0.496 e. The third-order valence-corrected chi connectivity index (χ3v) is 7.56. The van der Waals surface area contributed by atoms with E-state index in [1.165, 1.54) is 23.5 Å². The van der Waals surface area contributed by atoms with Crippen molar-refractivity contribution in [1.29, 1.82) is 0 Å². The van der Waals surface area contributed by atoms with E-state index in [2.05, 4.69) is 10.6 Å². The Morgan fingerprint density at radius 3 is 2.48 bits per heavy atom. The van der Waals surface area contributed by atoms with Gasteiger partial charge in [0.15, 0.2) is 0 Å². The van der Waals surface area contributed by atoms with Crippen LogP contribution in [0, 0.1) is 5.82 Å². The van der Waals surface area contributed by atoms with Crippen molar-refractivity contribution in [3.05, 3.63) is 59.9 Å². The molecule has 2 amide bonds. The Morgan fingerprint density at radius 1 is 1.06 bits per heavy atom. The second kappa shape index (κ2) is 11.2. The number of amides is 2. The van der Waals surface area contributed by atoms with E-state index in [0.29, 0.717) is 25.1 Å². The fourth-order valence-electron chi connectivity index (χ4n) is 3.86. The summed E-state index contributed by atoms with van der Waals surface area (Å²) in [7, 11) is -2.25. The SMILES string of the molecule is COc1ccccc1CNC(=O)C(=O)NCC[C@H]1CCCCN1S(=O)(=O)c1ccc(F)cc1. The first-order valence-electron chi connectivity index (χ1n) is 10.8. The van der Waals surface area contributed by atoms with Gasteiger partial charge in [-0.25, -0.2) is 12.8 Å². The molecule has 0 aromatic heterocycles. The molecule has 1 saturated heterocycles. The molecule has 10 heteroatoms. The lowest BCUT2D eigenvalue weighted by atomic mass is 10.0. The topological polar surface area (TPSA) is 105 Å². The van der Waals surface area contributed by atoms with Crippen molar-refractivity contribution in [2.75, 3.05) is 20.2 Å². The van der Waals surface area contributed by atoms with Gasteiger partial charge in [0.2, 0.25) is 10.0 Å². The van der Waals surface area contributed by atoms with Crippen LogP contribution in [0.4, 0.5) is 4.39 Å². The normalized spacial score (nSPS) is 16.7. The highest BCUT2D eigenvalue weighted by molar-refractivity contribution is 7.89. The average molecular weight is 478 g/mol. The van der Waals surface area contributed by atoms with Gasteiger partial charge in [-0.3, -0.25) is 9.59 Å². The number of piperidine rings is 1. The van der Waals surface area contributed by atoms with E-state index >= 15 is 0 Å². The Bertz CT molecular complexity index is 1080. The predicted octanol–water partition coefficient (Wildman–Crippen LogP) is 2.20. The fraction of sp³-hybridized carbons (Fsp3) is 0.391. The molecule has 0 saturated carbocycles. The number of hydrogen-bond donors (Lipinski definition) is 2. The van der Waals surface area contributed by atoms with Gasteiger partial charge in [0.1, 0.15) is 11.6 Å². The molecule has 1 fully saturated rings. The summed E-state index contributed by atoms with van der Waals surface area (Å²) < 4.78 is 45.9. The predicted molar refractivity (Wildman–Crippen MR) is 120 cm³/mol. The van der Waals surface area contributed by atoms with Gasteiger partial charge in [-0.1, -0.05) is 24.6 Å². The highest BCUT2D eigenvalue weighted by atomic mass is 32.2. The molecule has 1 aliphatic heterocycles. The Labute approximate surface area is 193 Å². The number of carbonyl (C=O) groups excluding carboxylic acids is 2. The van der Waals surface area contributed by atoms with Gasteiger partial charge >= 0.3 is 11.8 Å². The molecule has 1 heterocycles. The summed E-state index contributed by atoms with van der Waals surface area (Å²) >= 11 is 0. The highest BCUT2D eigenvalue weighted by Gasteiger charge is 2.33. The third-order valence-electron chi connectivity index (χ3n) is 5.59. The van der Waals surface area contributed by atoms with E-state index < -0.39 is 27.7 Å². The number of nitrogens with zero attached hydrogens (tertiary/aromatic N) is 1. The molecule has 33 heavy (non-hydrogen) atoms. The van der Waals surface area contributed by atoms with Crippen LogP contribution in [0.15, 0.2) is 53.4 Å². The molecule has 0 aliphatic carbocycles. The minimum atomic E-state index is -3.78. The van der Waals surface area contributed by atoms with E-state index in [9.17, 15) is 22.4 Å². The molecule has 2 N–H and O–H groups in total. The monoisotopic (exact) mass is 477 g/mol.